The number of carbonyl (C=O) groups excluding carboxylic acids is 1. The highest BCUT2D eigenvalue weighted by atomic mass is 16.5. The Labute approximate surface area is 120 Å². The predicted molar refractivity (Wildman–Crippen MR) is 77.9 cm³/mol. The molecule has 0 aliphatic rings. The van der Waals surface area contributed by atoms with E-state index in [1.165, 1.54) is 14.0 Å². The third-order valence-corrected chi connectivity index (χ3v) is 2.61. The van der Waals surface area contributed by atoms with Crippen LogP contribution in [0.4, 0.5) is 17.5 Å². The third kappa shape index (κ3) is 3.35. The van der Waals surface area contributed by atoms with Gasteiger partial charge >= 0.3 is 5.56 Å². The van der Waals surface area contributed by atoms with Gasteiger partial charge in [0.2, 0.25) is 17.7 Å². The van der Waals surface area contributed by atoms with Gasteiger partial charge in [0.05, 0.1) is 12.8 Å². The van der Waals surface area contributed by atoms with Gasteiger partial charge in [-0.05, 0) is 12.1 Å². The molecular weight excluding hydrogens is 274 g/mol. The molecule has 1 amide bonds. The van der Waals surface area contributed by atoms with Crippen LogP contribution in [0.5, 0.6) is 5.75 Å². The molecule has 0 aliphatic heterocycles. The summed E-state index contributed by atoms with van der Waals surface area (Å²) in [5.41, 5.74) is 0.156. The maximum atomic E-state index is 11.8. The molecule has 8 heteroatoms. The van der Waals surface area contributed by atoms with E-state index in [-0.39, 0.29) is 17.7 Å². The molecule has 2 aromatic rings. The van der Waals surface area contributed by atoms with Crippen LogP contribution in [0.25, 0.3) is 0 Å². The SMILES string of the molecule is COc1ccccc1Nc1nc(NC(C)=O)c(=O)n(C)n1. The Hall–Kier alpha value is -2.90. The van der Waals surface area contributed by atoms with Gasteiger partial charge in [0.25, 0.3) is 0 Å². The highest BCUT2D eigenvalue weighted by molar-refractivity contribution is 5.87. The van der Waals surface area contributed by atoms with Crippen molar-refractivity contribution >= 4 is 23.4 Å². The van der Waals surface area contributed by atoms with Gasteiger partial charge < -0.3 is 15.4 Å². The summed E-state index contributed by atoms with van der Waals surface area (Å²) in [5.74, 6) is 0.313. The van der Waals surface area contributed by atoms with E-state index >= 15 is 0 Å². The lowest BCUT2D eigenvalue weighted by atomic mass is 10.3. The fraction of sp³-hybridized carbons (Fsp3) is 0.231. The maximum Gasteiger partial charge on any atom is 0.309 e. The molecule has 0 saturated carbocycles. The minimum absolute atomic E-state index is 0.0857. The van der Waals surface area contributed by atoms with Crippen molar-refractivity contribution in [3.05, 3.63) is 34.6 Å². The van der Waals surface area contributed by atoms with E-state index < -0.39 is 5.56 Å². The molecule has 0 atom stereocenters. The zero-order chi connectivity index (χ0) is 15.4. The van der Waals surface area contributed by atoms with Gasteiger partial charge in [-0.3, -0.25) is 9.59 Å². The summed E-state index contributed by atoms with van der Waals surface area (Å²) < 4.78 is 6.30. The van der Waals surface area contributed by atoms with Gasteiger partial charge in [-0.15, -0.1) is 5.10 Å². The topological polar surface area (TPSA) is 98.1 Å². The second-order valence-corrected chi connectivity index (χ2v) is 4.22. The standard InChI is InChI=1S/C13H15N5O3/c1-8(19)14-11-12(20)18(2)17-13(16-11)15-9-6-4-5-7-10(9)21-3/h4-7H,1-3H3,(H2,14,15,16,17,19). The molecule has 0 bridgehead atoms. The number of aromatic nitrogens is 3. The number of rotatable bonds is 4. The largest absolute Gasteiger partial charge is 0.495 e. The van der Waals surface area contributed by atoms with Gasteiger partial charge in [0.1, 0.15) is 5.75 Å². The van der Waals surface area contributed by atoms with E-state index in [4.69, 9.17) is 4.74 Å². The number of ether oxygens (including phenoxy) is 1. The Morgan fingerprint density at radius 1 is 1.33 bits per heavy atom. The quantitative estimate of drug-likeness (QED) is 0.867. The number of aryl methyl sites for hydroxylation is 1. The van der Waals surface area contributed by atoms with E-state index in [9.17, 15) is 9.59 Å². The molecule has 0 unspecified atom stereocenters. The molecule has 0 fully saturated rings. The summed E-state index contributed by atoms with van der Waals surface area (Å²) in [6.45, 7) is 1.30. The zero-order valence-electron chi connectivity index (χ0n) is 11.9. The number of carbonyl (C=O) groups is 1. The summed E-state index contributed by atoms with van der Waals surface area (Å²) in [4.78, 5) is 26.9. The van der Waals surface area contributed by atoms with E-state index in [2.05, 4.69) is 20.7 Å². The van der Waals surface area contributed by atoms with E-state index in [0.717, 1.165) is 4.68 Å². The van der Waals surface area contributed by atoms with Crippen LogP contribution in [0.15, 0.2) is 29.1 Å². The van der Waals surface area contributed by atoms with Gasteiger partial charge in [0, 0.05) is 14.0 Å². The van der Waals surface area contributed by atoms with Crippen molar-refractivity contribution in [3.8, 4) is 5.75 Å². The van der Waals surface area contributed by atoms with Crippen molar-refractivity contribution in [2.45, 2.75) is 6.92 Å². The van der Waals surface area contributed by atoms with Crippen LogP contribution in [-0.4, -0.2) is 27.8 Å². The summed E-state index contributed by atoms with van der Waals surface area (Å²) in [6, 6.07) is 7.21. The van der Waals surface area contributed by atoms with Crippen LogP contribution in [0, 0.1) is 0 Å². The molecule has 1 aromatic carbocycles. The van der Waals surface area contributed by atoms with Crippen molar-refractivity contribution in [2.75, 3.05) is 17.7 Å². The van der Waals surface area contributed by atoms with Gasteiger partial charge in [-0.2, -0.15) is 4.98 Å². The van der Waals surface area contributed by atoms with Crippen molar-refractivity contribution in [3.63, 3.8) is 0 Å². The van der Waals surface area contributed by atoms with Crippen LogP contribution >= 0.6 is 0 Å². The van der Waals surface area contributed by atoms with Crippen molar-refractivity contribution in [1.29, 1.82) is 0 Å². The highest BCUT2D eigenvalue weighted by Crippen LogP contribution is 2.25. The minimum atomic E-state index is -0.490. The first kappa shape index (κ1) is 14.5. The molecule has 1 aromatic heterocycles. The number of anilines is 3. The van der Waals surface area contributed by atoms with Crippen molar-refractivity contribution in [2.24, 2.45) is 7.05 Å². The normalized spacial score (nSPS) is 10.0. The number of hydrogen-bond acceptors (Lipinski definition) is 6. The van der Waals surface area contributed by atoms with Gasteiger partial charge in [-0.25, -0.2) is 4.68 Å². The predicted octanol–water partition coefficient (Wildman–Crippen LogP) is 0.886. The molecule has 0 spiro atoms. The van der Waals surface area contributed by atoms with Gasteiger partial charge in [0.15, 0.2) is 0 Å². The Bertz CT molecular complexity index is 726. The number of benzene rings is 1. The molecule has 0 aliphatic carbocycles. The van der Waals surface area contributed by atoms with Crippen molar-refractivity contribution in [1.82, 2.24) is 14.8 Å². The van der Waals surface area contributed by atoms with Gasteiger partial charge in [-0.1, -0.05) is 12.1 Å². The molecule has 110 valence electrons. The monoisotopic (exact) mass is 289 g/mol. The zero-order valence-corrected chi connectivity index (χ0v) is 11.9. The summed E-state index contributed by atoms with van der Waals surface area (Å²) >= 11 is 0. The minimum Gasteiger partial charge on any atom is -0.495 e. The lowest BCUT2D eigenvalue weighted by Gasteiger charge is -2.11. The number of hydrogen-bond donors (Lipinski definition) is 2. The third-order valence-electron chi connectivity index (χ3n) is 2.61. The van der Waals surface area contributed by atoms with Crippen LogP contribution in [0.2, 0.25) is 0 Å². The Morgan fingerprint density at radius 3 is 2.71 bits per heavy atom. The second-order valence-electron chi connectivity index (χ2n) is 4.22. The van der Waals surface area contributed by atoms with Crippen LogP contribution in [0.3, 0.4) is 0 Å². The van der Waals surface area contributed by atoms with Crippen LogP contribution in [0.1, 0.15) is 6.92 Å². The molecule has 0 saturated heterocycles. The first-order valence-corrected chi connectivity index (χ1v) is 6.14. The fourth-order valence-corrected chi connectivity index (χ4v) is 1.69. The molecular formula is C13H15N5O3. The number of para-hydroxylation sites is 2. The number of amides is 1. The summed E-state index contributed by atoms with van der Waals surface area (Å²) in [7, 11) is 3.02. The lowest BCUT2D eigenvalue weighted by molar-refractivity contribution is -0.114. The molecule has 1 heterocycles. The number of methoxy groups -OCH3 is 1. The summed E-state index contributed by atoms with van der Waals surface area (Å²) in [6.07, 6.45) is 0. The highest BCUT2D eigenvalue weighted by Gasteiger charge is 2.11. The van der Waals surface area contributed by atoms with Crippen LogP contribution < -0.4 is 20.9 Å². The second kappa shape index (κ2) is 6.04. The average Bonchev–Trinajstić information content (AvgIpc) is 2.44. The molecule has 0 radical (unpaired) electrons. The summed E-state index contributed by atoms with van der Waals surface area (Å²) in [5, 5.41) is 9.31. The smallest absolute Gasteiger partial charge is 0.309 e. The first-order chi connectivity index (χ1) is 10.0. The molecule has 2 rings (SSSR count). The molecule has 2 N–H and O–H groups in total. The maximum absolute atomic E-state index is 11.8. The first-order valence-electron chi connectivity index (χ1n) is 6.14. The lowest BCUT2D eigenvalue weighted by Crippen LogP contribution is -2.27. The number of nitrogens with one attached hydrogen (secondary N) is 2. The van der Waals surface area contributed by atoms with Crippen LogP contribution in [-0.2, 0) is 11.8 Å². The Balaban J connectivity index is 2.38. The molecule has 21 heavy (non-hydrogen) atoms. The van der Waals surface area contributed by atoms with E-state index in [1.54, 1.807) is 19.2 Å². The van der Waals surface area contributed by atoms with E-state index in [1.807, 2.05) is 12.1 Å². The fourth-order valence-electron chi connectivity index (χ4n) is 1.69. The average molecular weight is 289 g/mol. The Kier molecular flexibility index (Phi) is 4.17. The Morgan fingerprint density at radius 2 is 2.05 bits per heavy atom. The van der Waals surface area contributed by atoms with E-state index in [0.29, 0.717) is 11.4 Å². The molecule has 8 nitrogen and oxygen atoms in total. The number of nitrogens with zero attached hydrogens (tertiary/aromatic N) is 3. The van der Waals surface area contributed by atoms with Crippen molar-refractivity contribution < 1.29 is 9.53 Å².